The van der Waals surface area contributed by atoms with Gasteiger partial charge in [-0.05, 0) is 40.2 Å². The maximum Gasteiger partial charge on any atom is 0.311 e. The van der Waals surface area contributed by atoms with Crippen molar-refractivity contribution in [2.24, 2.45) is 5.10 Å². The fraction of sp³-hybridized carbons (Fsp3) is 0. The van der Waals surface area contributed by atoms with E-state index in [0.717, 1.165) is 22.1 Å². The van der Waals surface area contributed by atoms with E-state index in [1.807, 2.05) is 0 Å². The lowest BCUT2D eigenvalue weighted by molar-refractivity contribution is -0.385. The number of phenolic OH excluding ortho intramolecular Hbond substituents is 1. The molecule has 2 aromatic carbocycles. The Hall–Kier alpha value is -2.72. The van der Waals surface area contributed by atoms with Crippen molar-refractivity contribution in [2.45, 2.75) is 0 Å². The topological polar surface area (TPSA) is 118 Å². The third-order valence-electron chi connectivity index (χ3n) is 3.37. The Morgan fingerprint density at radius 3 is 2.81 bits per heavy atom. The van der Waals surface area contributed by atoms with E-state index in [9.17, 15) is 20.0 Å². The molecule has 3 aromatic rings. The smallest absolute Gasteiger partial charge is 0.311 e. The molecule has 132 valence electrons. The van der Waals surface area contributed by atoms with Crippen LogP contribution in [0.25, 0.3) is 11.0 Å². The molecule has 1 heterocycles. The summed E-state index contributed by atoms with van der Waals surface area (Å²) in [7, 11) is 0. The molecule has 26 heavy (non-hydrogen) atoms. The van der Waals surface area contributed by atoms with Gasteiger partial charge in [0.25, 0.3) is 0 Å². The number of nitrogens with one attached hydrogen (secondary N) is 1. The van der Waals surface area contributed by atoms with Crippen molar-refractivity contribution in [3.8, 4) is 5.75 Å². The van der Waals surface area contributed by atoms with Crippen molar-refractivity contribution in [3.05, 3.63) is 66.8 Å². The number of phenols is 1. The van der Waals surface area contributed by atoms with E-state index >= 15 is 0 Å². The Morgan fingerprint density at radius 1 is 1.31 bits per heavy atom. The molecular weight excluding hydrogens is 474 g/mol. The molecule has 10 heteroatoms. The number of amides is 1. The van der Waals surface area contributed by atoms with Gasteiger partial charge in [0.05, 0.1) is 15.6 Å². The Labute approximate surface area is 162 Å². The van der Waals surface area contributed by atoms with Gasteiger partial charge in [-0.3, -0.25) is 14.9 Å². The summed E-state index contributed by atoms with van der Waals surface area (Å²) < 4.78 is 7.01. The highest BCUT2D eigenvalue weighted by Gasteiger charge is 2.16. The number of carbonyl (C=O) groups is 1. The summed E-state index contributed by atoms with van der Waals surface area (Å²) in [5.41, 5.74) is 2.40. The Morgan fingerprint density at radius 2 is 2.08 bits per heavy atom. The minimum absolute atomic E-state index is 0.0409. The number of benzene rings is 2. The van der Waals surface area contributed by atoms with Gasteiger partial charge in [-0.1, -0.05) is 22.0 Å². The Balaban J connectivity index is 1.79. The van der Waals surface area contributed by atoms with Crippen molar-refractivity contribution in [1.82, 2.24) is 5.43 Å². The molecule has 0 saturated carbocycles. The lowest BCUT2D eigenvalue weighted by Gasteiger charge is -1.99. The number of hydrogen-bond donors (Lipinski definition) is 2. The lowest BCUT2D eigenvalue weighted by Crippen LogP contribution is -2.16. The number of nitro groups is 1. The second kappa shape index (κ2) is 7.26. The summed E-state index contributed by atoms with van der Waals surface area (Å²) in [6, 6.07) is 9.13. The van der Waals surface area contributed by atoms with Crippen molar-refractivity contribution < 1.29 is 19.2 Å². The van der Waals surface area contributed by atoms with Crippen LogP contribution in [-0.2, 0) is 0 Å². The van der Waals surface area contributed by atoms with Gasteiger partial charge < -0.3 is 9.52 Å². The first-order chi connectivity index (χ1) is 12.4. The van der Waals surface area contributed by atoms with Gasteiger partial charge in [-0.15, -0.1) is 0 Å². The van der Waals surface area contributed by atoms with Crippen LogP contribution in [0.15, 0.2) is 54.9 Å². The Kier molecular flexibility index (Phi) is 5.05. The number of hydrogen-bond acceptors (Lipinski definition) is 6. The van der Waals surface area contributed by atoms with E-state index < -0.39 is 22.3 Å². The van der Waals surface area contributed by atoms with Crippen molar-refractivity contribution in [2.75, 3.05) is 0 Å². The molecule has 0 fully saturated rings. The molecule has 0 radical (unpaired) electrons. The summed E-state index contributed by atoms with van der Waals surface area (Å²) in [5.74, 6) is -1.10. The molecule has 0 aliphatic carbocycles. The van der Waals surface area contributed by atoms with Crippen LogP contribution in [0.1, 0.15) is 16.1 Å². The number of carbonyl (C=O) groups excluding carboxylic acids is 1. The molecule has 8 nitrogen and oxygen atoms in total. The van der Waals surface area contributed by atoms with Crippen LogP contribution in [-0.4, -0.2) is 22.2 Å². The second-order valence-electron chi connectivity index (χ2n) is 5.09. The first-order valence-corrected chi connectivity index (χ1v) is 8.64. The van der Waals surface area contributed by atoms with E-state index in [4.69, 9.17) is 4.42 Å². The number of fused-ring (bicyclic) bond motifs is 1. The standard InChI is InChI=1S/C16H9Br2N3O5/c17-10-4-9-5-13(26-15(9)11(18)6-10)16(23)20-19-7-8-2-1-3-12(14(8)22)21(24)25/h1-7,22H,(H,20,23)/b19-7-. The number of nitrogens with zero attached hydrogens (tertiary/aromatic N) is 2. The number of aromatic hydroxyl groups is 1. The molecule has 1 aromatic heterocycles. The van der Waals surface area contributed by atoms with Gasteiger partial charge in [0.1, 0.15) is 5.58 Å². The summed E-state index contributed by atoms with van der Waals surface area (Å²) >= 11 is 6.70. The maximum absolute atomic E-state index is 12.1. The van der Waals surface area contributed by atoms with Crippen molar-refractivity contribution in [3.63, 3.8) is 0 Å². The van der Waals surface area contributed by atoms with Crippen LogP contribution >= 0.6 is 31.9 Å². The zero-order valence-corrected chi connectivity index (χ0v) is 15.9. The first-order valence-electron chi connectivity index (χ1n) is 7.05. The van der Waals surface area contributed by atoms with Gasteiger partial charge in [0.15, 0.2) is 5.76 Å². The molecule has 2 N–H and O–H groups in total. The monoisotopic (exact) mass is 481 g/mol. The van der Waals surface area contributed by atoms with Crippen LogP contribution in [0.5, 0.6) is 5.75 Å². The van der Waals surface area contributed by atoms with Gasteiger partial charge >= 0.3 is 11.6 Å². The maximum atomic E-state index is 12.1. The summed E-state index contributed by atoms with van der Waals surface area (Å²) in [6.07, 6.45) is 1.11. The van der Waals surface area contributed by atoms with Crippen LogP contribution in [0.4, 0.5) is 5.69 Å². The number of para-hydroxylation sites is 1. The van der Waals surface area contributed by atoms with E-state index in [2.05, 4.69) is 42.4 Å². The van der Waals surface area contributed by atoms with E-state index in [-0.39, 0.29) is 11.3 Å². The fourth-order valence-corrected chi connectivity index (χ4v) is 3.54. The van der Waals surface area contributed by atoms with E-state index in [0.29, 0.717) is 10.1 Å². The number of hydrazone groups is 1. The number of nitro benzene ring substituents is 1. The third kappa shape index (κ3) is 3.60. The summed E-state index contributed by atoms with van der Waals surface area (Å²) in [4.78, 5) is 22.2. The second-order valence-corrected chi connectivity index (χ2v) is 6.86. The summed E-state index contributed by atoms with van der Waals surface area (Å²) in [5, 5.41) is 25.0. The van der Waals surface area contributed by atoms with Crippen molar-refractivity contribution >= 4 is 60.6 Å². The zero-order valence-electron chi connectivity index (χ0n) is 12.8. The average Bonchev–Trinajstić information content (AvgIpc) is 3.00. The lowest BCUT2D eigenvalue weighted by atomic mass is 10.2. The summed E-state index contributed by atoms with van der Waals surface area (Å²) in [6.45, 7) is 0. The van der Waals surface area contributed by atoms with E-state index in [1.165, 1.54) is 12.1 Å². The molecule has 0 unspecified atom stereocenters. The van der Waals surface area contributed by atoms with Crippen LogP contribution in [0, 0.1) is 10.1 Å². The molecule has 0 aliphatic rings. The van der Waals surface area contributed by atoms with Gasteiger partial charge in [-0.25, -0.2) is 5.43 Å². The third-order valence-corrected chi connectivity index (χ3v) is 4.42. The fourth-order valence-electron chi connectivity index (χ4n) is 2.20. The highest BCUT2D eigenvalue weighted by atomic mass is 79.9. The van der Waals surface area contributed by atoms with Gasteiger partial charge in [-0.2, -0.15) is 5.10 Å². The number of halogens is 2. The highest BCUT2D eigenvalue weighted by molar-refractivity contribution is 9.11. The molecule has 0 atom stereocenters. The predicted octanol–water partition coefficient (Wildman–Crippen LogP) is 4.34. The number of furan rings is 1. The normalized spacial score (nSPS) is 11.2. The largest absolute Gasteiger partial charge is 0.502 e. The highest BCUT2D eigenvalue weighted by Crippen LogP contribution is 2.31. The molecule has 3 rings (SSSR count). The SMILES string of the molecule is O=C(N/N=C\c1cccc([N+](=O)[O-])c1O)c1cc2cc(Br)cc(Br)c2o1. The quantitative estimate of drug-likeness (QED) is 0.326. The minimum atomic E-state index is -0.713. The van der Waals surface area contributed by atoms with Gasteiger partial charge in [0, 0.05) is 21.5 Å². The first kappa shape index (κ1) is 18.1. The van der Waals surface area contributed by atoms with E-state index in [1.54, 1.807) is 18.2 Å². The number of rotatable bonds is 4. The Bertz CT molecular complexity index is 1060. The molecule has 0 bridgehead atoms. The van der Waals surface area contributed by atoms with Crippen molar-refractivity contribution in [1.29, 1.82) is 0 Å². The molecule has 0 spiro atoms. The molecule has 0 saturated heterocycles. The average molecular weight is 483 g/mol. The predicted molar refractivity (Wildman–Crippen MR) is 101 cm³/mol. The minimum Gasteiger partial charge on any atom is -0.502 e. The van der Waals surface area contributed by atoms with Crippen LogP contribution in [0.3, 0.4) is 0 Å². The van der Waals surface area contributed by atoms with Crippen LogP contribution < -0.4 is 5.43 Å². The van der Waals surface area contributed by atoms with Crippen LogP contribution in [0.2, 0.25) is 0 Å². The molecule has 0 aliphatic heterocycles. The van der Waals surface area contributed by atoms with Gasteiger partial charge in [0.2, 0.25) is 5.75 Å². The molecule has 1 amide bonds. The molecular formula is C16H9Br2N3O5. The zero-order chi connectivity index (χ0) is 18.8.